The standard InChI is InChI=1S/C22H22FNO2.C3H6/c1-12(2)18-7-13(3)8-19-20(25)14(4)22(26-21(18)19)24-10-15-5-6-17(23)9-16(15)11-24;1-3-2/h5-9,12H,10-11H2,1-4H3;3H,1H2,2H3. The van der Waals surface area contributed by atoms with Gasteiger partial charge in [-0.15, -0.1) is 6.58 Å². The molecule has 29 heavy (non-hydrogen) atoms. The van der Waals surface area contributed by atoms with Gasteiger partial charge >= 0.3 is 0 Å². The van der Waals surface area contributed by atoms with E-state index in [-0.39, 0.29) is 17.2 Å². The zero-order valence-electron chi connectivity index (χ0n) is 17.8. The van der Waals surface area contributed by atoms with Crippen molar-refractivity contribution in [3.8, 4) is 0 Å². The van der Waals surface area contributed by atoms with E-state index in [4.69, 9.17) is 4.42 Å². The number of anilines is 1. The van der Waals surface area contributed by atoms with Crippen LogP contribution in [0.15, 0.2) is 52.2 Å². The minimum atomic E-state index is -0.236. The number of allylic oxidation sites excluding steroid dienone is 1. The maximum absolute atomic E-state index is 13.5. The Morgan fingerprint density at radius 1 is 1.14 bits per heavy atom. The van der Waals surface area contributed by atoms with Crippen molar-refractivity contribution in [2.24, 2.45) is 0 Å². The Balaban J connectivity index is 0.000000755. The summed E-state index contributed by atoms with van der Waals surface area (Å²) in [5.41, 5.74) is 5.39. The van der Waals surface area contributed by atoms with Crippen molar-refractivity contribution in [3.05, 3.63) is 86.8 Å². The molecule has 1 aliphatic heterocycles. The first-order chi connectivity index (χ1) is 13.8. The second-order valence-corrected chi connectivity index (χ2v) is 7.92. The summed E-state index contributed by atoms with van der Waals surface area (Å²) < 4.78 is 19.8. The van der Waals surface area contributed by atoms with Crippen molar-refractivity contribution in [2.75, 3.05) is 4.90 Å². The van der Waals surface area contributed by atoms with E-state index >= 15 is 0 Å². The van der Waals surface area contributed by atoms with Crippen LogP contribution >= 0.6 is 0 Å². The molecule has 1 aromatic heterocycles. The Hall–Kier alpha value is -2.88. The molecule has 0 unspecified atom stereocenters. The molecular formula is C25H28FNO2. The predicted molar refractivity (Wildman–Crippen MR) is 118 cm³/mol. The lowest BCUT2D eigenvalue weighted by atomic mass is 9.97. The first-order valence-corrected chi connectivity index (χ1v) is 9.94. The van der Waals surface area contributed by atoms with Crippen LogP contribution in [0.4, 0.5) is 10.3 Å². The number of nitrogens with zero attached hydrogens (tertiary/aromatic N) is 1. The molecule has 0 spiro atoms. The fraction of sp³-hybridized carbons (Fsp3) is 0.320. The Morgan fingerprint density at radius 2 is 1.79 bits per heavy atom. The maximum atomic E-state index is 13.5. The first-order valence-electron chi connectivity index (χ1n) is 9.94. The van der Waals surface area contributed by atoms with E-state index in [0.29, 0.717) is 35.5 Å². The molecule has 0 aliphatic carbocycles. The fourth-order valence-electron chi connectivity index (χ4n) is 3.79. The zero-order valence-corrected chi connectivity index (χ0v) is 17.8. The normalized spacial score (nSPS) is 12.7. The lowest BCUT2D eigenvalue weighted by molar-refractivity contribution is 0.564. The molecule has 152 valence electrons. The van der Waals surface area contributed by atoms with Crippen LogP contribution in [-0.4, -0.2) is 0 Å². The molecule has 4 heteroatoms. The van der Waals surface area contributed by atoms with E-state index in [2.05, 4.69) is 26.5 Å². The summed E-state index contributed by atoms with van der Waals surface area (Å²) in [6.45, 7) is 14.4. The van der Waals surface area contributed by atoms with Gasteiger partial charge in [0, 0.05) is 13.1 Å². The topological polar surface area (TPSA) is 33.5 Å². The third kappa shape index (κ3) is 3.98. The number of fused-ring (bicyclic) bond motifs is 2. The molecule has 0 bridgehead atoms. The highest BCUT2D eigenvalue weighted by Crippen LogP contribution is 2.34. The van der Waals surface area contributed by atoms with Gasteiger partial charge in [0.15, 0.2) is 5.43 Å². The number of hydrogen-bond acceptors (Lipinski definition) is 3. The number of rotatable bonds is 2. The summed E-state index contributed by atoms with van der Waals surface area (Å²) >= 11 is 0. The molecule has 0 atom stereocenters. The molecule has 0 amide bonds. The summed E-state index contributed by atoms with van der Waals surface area (Å²) in [5.74, 6) is 0.602. The van der Waals surface area contributed by atoms with Gasteiger partial charge in [0.1, 0.15) is 11.4 Å². The largest absolute Gasteiger partial charge is 0.440 e. The molecule has 4 rings (SSSR count). The SMILES string of the molecule is C=CC.Cc1cc(C(C)C)c2oc(N3Cc4ccc(F)cc4C3)c(C)c(=O)c2c1. The molecule has 3 nitrogen and oxygen atoms in total. The molecule has 0 radical (unpaired) electrons. The first kappa shape index (κ1) is 20.8. The number of halogens is 1. The van der Waals surface area contributed by atoms with Gasteiger partial charge in [-0.1, -0.05) is 32.1 Å². The van der Waals surface area contributed by atoms with Crippen molar-refractivity contribution in [2.45, 2.75) is 53.6 Å². The number of aryl methyl sites for hydroxylation is 1. The Bertz CT molecular complexity index is 1130. The third-order valence-electron chi connectivity index (χ3n) is 5.17. The maximum Gasteiger partial charge on any atom is 0.203 e. The van der Waals surface area contributed by atoms with E-state index in [1.54, 1.807) is 12.1 Å². The second-order valence-electron chi connectivity index (χ2n) is 7.92. The third-order valence-corrected chi connectivity index (χ3v) is 5.17. The molecule has 1 aliphatic rings. The van der Waals surface area contributed by atoms with Gasteiger partial charge in [-0.3, -0.25) is 4.79 Å². The molecule has 2 heterocycles. The van der Waals surface area contributed by atoms with Crippen LogP contribution in [-0.2, 0) is 13.1 Å². The van der Waals surface area contributed by atoms with E-state index in [9.17, 15) is 9.18 Å². The Labute approximate surface area is 171 Å². The summed E-state index contributed by atoms with van der Waals surface area (Å²) in [6, 6.07) is 8.83. The zero-order chi connectivity index (χ0) is 21.3. The van der Waals surface area contributed by atoms with Gasteiger partial charge in [0.25, 0.3) is 0 Å². The van der Waals surface area contributed by atoms with Crippen molar-refractivity contribution in [3.63, 3.8) is 0 Å². The molecular weight excluding hydrogens is 365 g/mol. The monoisotopic (exact) mass is 393 g/mol. The van der Waals surface area contributed by atoms with Crippen LogP contribution in [0.25, 0.3) is 11.0 Å². The van der Waals surface area contributed by atoms with Crippen molar-refractivity contribution >= 4 is 16.9 Å². The quantitative estimate of drug-likeness (QED) is 0.473. The van der Waals surface area contributed by atoms with E-state index in [1.807, 2.05) is 37.8 Å². The predicted octanol–water partition coefficient (Wildman–Crippen LogP) is 6.38. The fourth-order valence-corrected chi connectivity index (χ4v) is 3.79. The van der Waals surface area contributed by atoms with E-state index < -0.39 is 0 Å². The highest BCUT2D eigenvalue weighted by atomic mass is 19.1. The van der Waals surface area contributed by atoms with Crippen LogP contribution in [0, 0.1) is 19.7 Å². The summed E-state index contributed by atoms with van der Waals surface area (Å²) in [6.07, 6.45) is 1.75. The average molecular weight is 394 g/mol. The minimum Gasteiger partial charge on any atom is -0.440 e. The second kappa shape index (κ2) is 8.24. The molecule has 2 aromatic carbocycles. The highest BCUT2D eigenvalue weighted by Gasteiger charge is 2.25. The lowest BCUT2D eigenvalue weighted by Crippen LogP contribution is -2.20. The van der Waals surface area contributed by atoms with Gasteiger partial charge < -0.3 is 9.32 Å². The van der Waals surface area contributed by atoms with Crippen molar-refractivity contribution in [1.29, 1.82) is 0 Å². The molecule has 0 fully saturated rings. The molecule has 0 saturated heterocycles. The molecule has 0 N–H and O–H groups in total. The van der Waals surface area contributed by atoms with Crippen LogP contribution in [0.2, 0.25) is 0 Å². The molecule has 3 aromatic rings. The molecule has 0 saturated carbocycles. The minimum absolute atomic E-state index is 0.00832. The smallest absolute Gasteiger partial charge is 0.203 e. The van der Waals surface area contributed by atoms with Crippen molar-refractivity contribution in [1.82, 2.24) is 0 Å². The van der Waals surface area contributed by atoms with E-state index in [1.165, 1.54) is 6.07 Å². The van der Waals surface area contributed by atoms with Crippen LogP contribution in [0.1, 0.15) is 54.5 Å². The van der Waals surface area contributed by atoms with Gasteiger partial charge in [0.2, 0.25) is 5.88 Å². The summed E-state index contributed by atoms with van der Waals surface area (Å²) in [4.78, 5) is 15.0. The summed E-state index contributed by atoms with van der Waals surface area (Å²) in [5, 5.41) is 0.637. The number of benzene rings is 2. The van der Waals surface area contributed by atoms with Crippen LogP contribution in [0.3, 0.4) is 0 Å². The van der Waals surface area contributed by atoms with Gasteiger partial charge in [-0.25, -0.2) is 4.39 Å². The van der Waals surface area contributed by atoms with Crippen LogP contribution in [0.5, 0.6) is 0 Å². The lowest BCUT2D eigenvalue weighted by Gasteiger charge is -2.20. The number of hydrogen-bond donors (Lipinski definition) is 0. The Morgan fingerprint density at radius 3 is 2.45 bits per heavy atom. The van der Waals surface area contributed by atoms with Gasteiger partial charge in [-0.05, 0) is 67.1 Å². The van der Waals surface area contributed by atoms with Gasteiger partial charge in [0.05, 0.1) is 10.9 Å². The average Bonchev–Trinajstić information content (AvgIpc) is 3.07. The highest BCUT2D eigenvalue weighted by molar-refractivity contribution is 5.83. The van der Waals surface area contributed by atoms with Crippen molar-refractivity contribution < 1.29 is 8.81 Å². The Kier molecular flexibility index (Phi) is 5.92. The van der Waals surface area contributed by atoms with Gasteiger partial charge in [-0.2, -0.15) is 0 Å². The summed E-state index contributed by atoms with van der Waals surface area (Å²) in [7, 11) is 0. The van der Waals surface area contributed by atoms with E-state index in [0.717, 1.165) is 22.3 Å². The van der Waals surface area contributed by atoms with Crippen LogP contribution < -0.4 is 10.3 Å².